The molecule has 0 saturated carbocycles. The number of hydrogen-bond acceptors (Lipinski definition) is 10. The number of hydrogen-bond donors (Lipinski definition) is 6. The van der Waals surface area contributed by atoms with Gasteiger partial charge in [0.25, 0.3) is 0 Å². The highest BCUT2D eigenvalue weighted by Gasteiger charge is 2.45. The maximum atomic E-state index is 12.5. The van der Waals surface area contributed by atoms with Gasteiger partial charge in [0.2, 0.25) is 12.0 Å². The smallest absolute Gasteiger partial charge is 0.229 e. The van der Waals surface area contributed by atoms with Crippen molar-refractivity contribution in [1.82, 2.24) is 0 Å². The van der Waals surface area contributed by atoms with Crippen LogP contribution in [-0.2, 0) is 4.74 Å². The summed E-state index contributed by atoms with van der Waals surface area (Å²) in [6.45, 7) is -0.672. The fourth-order valence-electron chi connectivity index (χ4n) is 3.40. The van der Waals surface area contributed by atoms with Crippen molar-refractivity contribution in [2.45, 2.75) is 30.7 Å². The number of ether oxygens (including phenoxy) is 2. The van der Waals surface area contributed by atoms with E-state index in [1.54, 1.807) is 30.3 Å². The second-order valence-electron chi connectivity index (χ2n) is 7.10. The van der Waals surface area contributed by atoms with Crippen LogP contribution in [0.5, 0.6) is 17.2 Å². The lowest BCUT2D eigenvalue weighted by molar-refractivity contribution is -0.277. The average molecular weight is 432 g/mol. The molecule has 0 bridgehead atoms. The first-order chi connectivity index (χ1) is 14.8. The number of rotatable bonds is 4. The Kier molecular flexibility index (Phi) is 5.56. The maximum absolute atomic E-state index is 12.5. The molecule has 0 aliphatic carbocycles. The Bertz CT molecular complexity index is 1140. The SMILES string of the molecule is O=c1cc(-c2ccccc2)oc2c(O)c(O[C@@H]3O[C@H](CO)[C@H](O)[C@H](O)[C@H]3O)cc(O)c12. The Labute approximate surface area is 174 Å². The van der Waals surface area contributed by atoms with Gasteiger partial charge >= 0.3 is 0 Å². The lowest BCUT2D eigenvalue weighted by atomic mass is 9.99. The highest BCUT2D eigenvalue weighted by Crippen LogP contribution is 2.41. The summed E-state index contributed by atoms with van der Waals surface area (Å²) in [5.41, 5.74) is -0.404. The van der Waals surface area contributed by atoms with Crippen LogP contribution in [0.4, 0.5) is 0 Å². The van der Waals surface area contributed by atoms with Crippen molar-refractivity contribution in [2.24, 2.45) is 0 Å². The Hall–Kier alpha value is -3.15. The van der Waals surface area contributed by atoms with Gasteiger partial charge in [0.15, 0.2) is 16.8 Å². The zero-order valence-electron chi connectivity index (χ0n) is 16.0. The maximum Gasteiger partial charge on any atom is 0.229 e. The van der Waals surface area contributed by atoms with Crippen molar-refractivity contribution in [3.05, 3.63) is 52.7 Å². The van der Waals surface area contributed by atoms with Crippen LogP contribution < -0.4 is 10.2 Å². The van der Waals surface area contributed by atoms with Crippen molar-refractivity contribution in [2.75, 3.05) is 6.61 Å². The van der Waals surface area contributed by atoms with E-state index in [9.17, 15) is 35.4 Å². The molecular weight excluding hydrogens is 412 g/mol. The van der Waals surface area contributed by atoms with Crippen LogP contribution in [-0.4, -0.2) is 68.0 Å². The lowest BCUT2D eigenvalue weighted by Gasteiger charge is -2.39. The number of phenols is 2. The molecule has 1 aromatic heterocycles. The summed E-state index contributed by atoms with van der Waals surface area (Å²) >= 11 is 0. The van der Waals surface area contributed by atoms with E-state index < -0.39 is 60.0 Å². The van der Waals surface area contributed by atoms with Crippen LogP contribution in [0.25, 0.3) is 22.3 Å². The van der Waals surface area contributed by atoms with Gasteiger partial charge in [-0.05, 0) is 0 Å². The topological polar surface area (TPSA) is 170 Å². The molecule has 4 rings (SSSR count). The molecule has 1 aliphatic rings. The molecule has 164 valence electrons. The molecule has 1 saturated heterocycles. The zero-order valence-corrected chi connectivity index (χ0v) is 16.0. The summed E-state index contributed by atoms with van der Waals surface area (Å²) in [5, 5.41) is 59.9. The molecule has 10 nitrogen and oxygen atoms in total. The van der Waals surface area contributed by atoms with E-state index in [1.807, 2.05) is 0 Å². The van der Waals surface area contributed by atoms with E-state index in [4.69, 9.17) is 13.9 Å². The Balaban J connectivity index is 1.77. The molecule has 6 N–H and O–H groups in total. The largest absolute Gasteiger partial charge is 0.507 e. The normalized spacial score (nSPS) is 26.1. The van der Waals surface area contributed by atoms with Gasteiger partial charge < -0.3 is 44.5 Å². The molecule has 0 radical (unpaired) electrons. The van der Waals surface area contributed by atoms with Gasteiger partial charge in [-0.1, -0.05) is 30.3 Å². The first-order valence-corrected chi connectivity index (χ1v) is 9.37. The van der Waals surface area contributed by atoms with E-state index in [-0.39, 0.29) is 16.7 Å². The second kappa shape index (κ2) is 8.17. The molecule has 2 aromatic carbocycles. The summed E-state index contributed by atoms with van der Waals surface area (Å²) in [6, 6.07) is 10.7. The first kappa shape index (κ1) is 21.1. The Morgan fingerprint density at radius 1 is 0.968 bits per heavy atom. The minimum atomic E-state index is -1.74. The summed E-state index contributed by atoms with van der Waals surface area (Å²) in [7, 11) is 0. The van der Waals surface area contributed by atoms with Crippen LogP contribution in [0.2, 0.25) is 0 Å². The summed E-state index contributed by atoms with van der Waals surface area (Å²) in [4.78, 5) is 12.5. The predicted molar refractivity (Wildman–Crippen MR) is 106 cm³/mol. The summed E-state index contributed by atoms with van der Waals surface area (Å²) < 4.78 is 16.3. The molecule has 0 spiro atoms. The highest BCUT2D eigenvalue weighted by atomic mass is 16.7. The average Bonchev–Trinajstić information content (AvgIpc) is 2.77. The van der Waals surface area contributed by atoms with Gasteiger partial charge in [-0.25, -0.2) is 0 Å². The minimum Gasteiger partial charge on any atom is -0.507 e. The fourth-order valence-corrected chi connectivity index (χ4v) is 3.40. The van der Waals surface area contributed by atoms with Crippen LogP contribution in [0.3, 0.4) is 0 Å². The molecule has 0 amide bonds. The standard InChI is InChI=1S/C21H20O10/c22-8-14-16(25)18(27)19(28)21(31-14)30-13-7-11(24)15-10(23)6-12(29-20(15)17(13)26)9-4-2-1-3-5-9/h1-7,14,16,18-19,21-22,24-28H,8H2/t14-,16+,18+,19-,21-/m1/s1. The van der Waals surface area contributed by atoms with Gasteiger partial charge in [0.05, 0.1) is 6.61 Å². The Morgan fingerprint density at radius 3 is 2.35 bits per heavy atom. The van der Waals surface area contributed by atoms with Gasteiger partial charge in [0.1, 0.15) is 41.3 Å². The fraction of sp³-hybridized carbons (Fsp3) is 0.286. The molecule has 0 unspecified atom stereocenters. The molecule has 31 heavy (non-hydrogen) atoms. The first-order valence-electron chi connectivity index (χ1n) is 9.37. The zero-order chi connectivity index (χ0) is 22.3. The molecular formula is C21H20O10. The third-order valence-corrected chi connectivity index (χ3v) is 5.07. The number of aliphatic hydroxyl groups is 4. The number of benzene rings is 2. The van der Waals surface area contributed by atoms with E-state index in [0.29, 0.717) is 5.56 Å². The number of aliphatic hydroxyl groups excluding tert-OH is 4. The lowest BCUT2D eigenvalue weighted by Crippen LogP contribution is -2.60. The highest BCUT2D eigenvalue weighted by molar-refractivity contribution is 5.91. The number of fused-ring (bicyclic) bond motifs is 1. The van der Waals surface area contributed by atoms with E-state index in [0.717, 1.165) is 6.07 Å². The third kappa shape index (κ3) is 3.71. The van der Waals surface area contributed by atoms with Crippen molar-refractivity contribution in [3.63, 3.8) is 0 Å². The number of aromatic hydroxyl groups is 2. The molecule has 2 heterocycles. The van der Waals surface area contributed by atoms with E-state index in [2.05, 4.69) is 0 Å². The Morgan fingerprint density at radius 2 is 1.68 bits per heavy atom. The van der Waals surface area contributed by atoms with Crippen molar-refractivity contribution in [1.29, 1.82) is 0 Å². The molecule has 1 aliphatic heterocycles. The van der Waals surface area contributed by atoms with E-state index in [1.165, 1.54) is 6.07 Å². The van der Waals surface area contributed by atoms with Crippen molar-refractivity contribution in [3.8, 4) is 28.6 Å². The molecule has 3 aromatic rings. The summed E-state index contributed by atoms with van der Waals surface area (Å²) in [5.74, 6) is -1.49. The van der Waals surface area contributed by atoms with Gasteiger partial charge in [-0.15, -0.1) is 0 Å². The second-order valence-corrected chi connectivity index (χ2v) is 7.10. The monoisotopic (exact) mass is 432 g/mol. The minimum absolute atomic E-state index is 0.137. The van der Waals surface area contributed by atoms with Gasteiger partial charge in [0, 0.05) is 17.7 Å². The van der Waals surface area contributed by atoms with E-state index >= 15 is 0 Å². The molecule has 5 atom stereocenters. The third-order valence-electron chi connectivity index (χ3n) is 5.07. The quantitative estimate of drug-likeness (QED) is 0.310. The van der Waals surface area contributed by atoms with Crippen LogP contribution >= 0.6 is 0 Å². The van der Waals surface area contributed by atoms with Crippen LogP contribution in [0.1, 0.15) is 0 Å². The van der Waals surface area contributed by atoms with Crippen LogP contribution in [0.15, 0.2) is 51.7 Å². The predicted octanol–water partition coefficient (Wildman–Crippen LogP) is 0.0499. The van der Waals surface area contributed by atoms with Crippen molar-refractivity contribution < 1.29 is 44.5 Å². The molecule has 10 heteroatoms. The molecule has 1 fully saturated rings. The number of phenolic OH excluding ortho intramolecular Hbond substituents is 2. The van der Waals surface area contributed by atoms with Crippen molar-refractivity contribution >= 4 is 11.0 Å². The van der Waals surface area contributed by atoms with Gasteiger partial charge in [-0.2, -0.15) is 0 Å². The summed E-state index contributed by atoms with van der Waals surface area (Å²) in [6.07, 6.45) is -7.87. The van der Waals surface area contributed by atoms with Crippen LogP contribution in [0, 0.1) is 0 Å². The van der Waals surface area contributed by atoms with Gasteiger partial charge in [-0.3, -0.25) is 4.79 Å².